The third-order valence-corrected chi connectivity index (χ3v) is 2.83. The molecule has 1 aliphatic carbocycles. The maximum atomic E-state index is 6.04. The Morgan fingerprint density at radius 2 is 1.86 bits per heavy atom. The molecule has 1 nitrogen and oxygen atoms in total. The first-order chi connectivity index (χ1) is 6.25. The maximum absolute atomic E-state index is 6.04. The highest BCUT2D eigenvalue weighted by atomic mass is 35.5. The minimum absolute atomic E-state index is 0. The fourth-order valence-corrected chi connectivity index (χ4v) is 1.68. The predicted molar refractivity (Wildman–Crippen MR) is 63.0 cm³/mol. The Morgan fingerprint density at radius 1 is 1.29 bits per heavy atom. The standard InChI is InChI=1S/C11H14ClN.ClH/c12-10-5-3-9(4-6-10)11(13)7-8-1-2-8;/h3-6,8,11H,1-2,7,13H2;1H/t11-;/m1./s1. The molecule has 1 fully saturated rings. The smallest absolute Gasteiger partial charge is 0.0406 e. The zero-order valence-corrected chi connectivity index (χ0v) is 9.52. The van der Waals surface area contributed by atoms with Gasteiger partial charge in [0, 0.05) is 11.1 Å². The van der Waals surface area contributed by atoms with Gasteiger partial charge in [0.05, 0.1) is 0 Å². The van der Waals surface area contributed by atoms with Crippen LogP contribution in [0.5, 0.6) is 0 Å². The Hall–Kier alpha value is -0.240. The Morgan fingerprint density at radius 3 is 2.36 bits per heavy atom. The maximum Gasteiger partial charge on any atom is 0.0406 e. The van der Waals surface area contributed by atoms with Crippen molar-refractivity contribution in [3.05, 3.63) is 34.9 Å². The Balaban J connectivity index is 0.000000980. The van der Waals surface area contributed by atoms with Crippen LogP contribution in [0.4, 0.5) is 0 Å². The third kappa shape index (κ3) is 3.16. The van der Waals surface area contributed by atoms with E-state index in [1.165, 1.54) is 18.4 Å². The monoisotopic (exact) mass is 231 g/mol. The van der Waals surface area contributed by atoms with Gasteiger partial charge in [-0.3, -0.25) is 0 Å². The molecular formula is C11H15Cl2N. The zero-order chi connectivity index (χ0) is 9.26. The summed E-state index contributed by atoms with van der Waals surface area (Å²) < 4.78 is 0. The van der Waals surface area contributed by atoms with E-state index in [9.17, 15) is 0 Å². The lowest BCUT2D eigenvalue weighted by Gasteiger charge is -2.10. The van der Waals surface area contributed by atoms with Crippen molar-refractivity contribution >= 4 is 24.0 Å². The highest BCUT2D eigenvalue weighted by Crippen LogP contribution is 2.36. The average Bonchev–Trinajstić information content (AvgIpc) is 2.89. The van der Waals surface area contributed by atoms with Crippen molar-refractivity contribution in [3.8, 4) is 0 Å². The zero-order valence-electron chi connectivity index (χ0n) is 7.95. The third-order valence-electron chi connectivity index (χ3n) is 2.58. The van der Waals surface area contributed by atoms with Crippen molar-refractivity contribution in [1.82, 2.24) is 0 Å². The Labute approximate surface area is 96.0 Å². The van der Waals surface area contributed by atoms with Crippen molar-refractivity contribution in [2.45, 2.75) is 25.3 Å². The van der Waals surface area contributed by atoms with Crippen LogP contribution in [0.15, 0.2) is 24.3 Å². The molecule has 14 heavy (non-hydrogen) atoms. The van der Waals surface area contributed by atoms with Crippen LogP contribution in [0.3, 0.4) is 0 Å². The molecule has 3 heteroatoms. The molecule has 1 atom stereocenters. The van der Waals surface area contributed by atoms with Crippen molar-refractivity contribution in [3.63, 3.8) is 0 Å². The normalized spacial score (nSPS) is 17.3. The number of benzene rings is 1. The van der Waals surface area contributed by atoms with Crippen molar-refractivity contribution in [1.29, 1.82) is 0 Å². The number of rotatable bonds is 3. The summed E-state index contributed by atoms with van der Waals surface area (Å²) in [6.45, 7) is 0. The van der Waals surface area contributed by atoms with E-state index in [0.717, 1.165) is 17.4 Å². The van der Waals surface area contributed by atoms with Crippen LogP contribution in [-0.2, 0) is 0 Å². The summed E-state index contributed by atoms with van der Waals surface area (Å²) in [5.74, 6) is 0.880. The second-order valence-corrected chi connectivity index (χ2v) is 4.27. The minimum Gasteiger partial charge on any atom is -0.324 e. The van der Waals surface area contributed by atoms with Gasteiger partial charge in [-0.1, -0.05) is 36.6 Å². The van der Waals surface area contributed by atoms with E-state index < -0.39 is 0 Å². The van der Waals surface area contributed by atoms with Gasteiger partial charge in [0.15, 0.2) is 0 Å². The lowest BCUT2D eigenvalue weighted by atomic mass is 10.0. The molecule has 0 radical (unpaired) electrons. The highest BCUT2D eigenvalue weighted by molar-refractivity contribution is 6.30. The first kappa shape index (κ1) is 11.8. The van der Waals surface area contributed by atoms with Gasteiger partial charge in [-0.05, 0) is 30.0 Å². The van der Waals surface area contributed by atoms with E-state index in [0.29, 0.717) is 0 Å². The number of hydrogen-bond acceptors (Lipinski definition) is 1. The quantitative estimate of drug-likeness (QED) is 0.847. The van der Waals surface area contributed by atoms with Crippen molar-refractivity contribution < 1.29 is 0 Å². The van der Waals surface area contributed by atoms with Crippen LogP contribution < -0.4 is 5.73 Å². The molecule has 2 rings (SSSR count). The van der Waals surface area contributed by atoms with Crippen LogP contribution in [0.2, 0.25) is 5.02 Å². The van der Waals surface area contributed by atoms with Crippen LogP contribution in [-0.4, -0.2) is 0 Å². The summed E-state index contributed by atoms with van der Waals surface area (Å²) in [4.78, 5) is 0. The molecule has 0 aliphatic heterocycles. The van der Waals surface area contributed by atoms with Gasteiger partial charge in [0.25, 0.3) is 0 Å². The van der Waals surface area contributed by atoms with Gasteiger partial charge in [-0.15, -0.1) is 12.4 Å². The largest absolute Gasteiger partial charge is 0.324 e. The molecule has 2 N–H and O–H groups in total. The van der Waals surface area contributed by atoms with Crippen LogP contribution in [0.25, 0.3) is 0 Å². The Bertz CT molecular complexity index is 280. The molecule has 1 saturated carbocycles. The average molecular weight is 232 g/mol. The van der Waals surface area contributed by atoms with Gasteiger partial charge in [0.1, 0.15) is 0 Å². The van der Waals surface area contributed by atoms with Gasteiger partial charge < -0.3 is 5.73 Å². The molecule has 0 aromatic heterocycles. The number of hydrogen-bond donors (Lipinski definition) is 1. The molecule has 78 valence electrons. The fourth-order valence-electron chi connectivity index (χ4n) is 1.56. The SMILES string of the molecule is Cl.N[C@H](CC1CC1)c1ccc(Cl)cc1. The summed E-state index contributed by atoms with van der Waals surface area (Å²) in [6.07, 6.45) is 3.85. The molecule has 0 amide bonds. The van der Waals surface area contributed by atoms with Crippen molar-refractivity contribution in [2.24, 2.45) is 11.7 Å². The molecule has 1 aliphatic rings. The second-order valence-electron chi connectivity index (χ2n) is 3.84. The first-order valence-corrected chi connectivity index (χ1v) is 5.14. The molecule has 1 aromatic carbocycles. The van der Waals surface area contributed by atoms with E-state index in [-0.39, 0.29) is 18.4 Å². The molecule has 0 bridgehead atoms. The molecule has 0 heterocycles. The van der Waals surface area contributed by atoms with E-state index in [4.69, 9.17) is 17.3 Å². The molecule has 1 aromatic rings. The van der Waals surface area contributed by atoms with Gasteiger partial charge in [-0.25, -0.2) is 0 Å². The van der Waals surface area contributed by atoms with Gasteiger partial charge in [-0.2, -0.15) is 0 Å². The molecule has 0 unspecified atom stereocenters. The number of nitrogens with two attached hydrogens (primary N) is 1. The Kier molecular flexibility index (Phi) is 4.24. The van der Waals surface area contributed by atoms with Crippen molar-refractivity contribution in [2.75, 3.05) is 0 Å². The van der Waals surface area contributed by atoms with Crippen LogP contribution >= 0.6 is 24.0 Å². The first-order valence-electron chi connectivity index (χ1n) is 4.77. The second kappa shape index (κ2) is 5.01. The van der Waals surface area contributed by atoms with E-state index in [1.54, 1.807) is 0 Å². The van der Waals surface area contributed by atoms with Gasteiger partial charge >= 0.3 is 0 Å². The lowest BCUT2D eigenvalue weighted by molar-refractivity contribution is 0.597. The topological polar surface area (TPSA) is 26.0 Å². The predicted octanol–water partition coefficient (Wildman–Crippen LogP) is 3.56. The molecular weight excluding hydrogens is 217 g/mol. The van der Waals surface area contributed by atoms with Gasteiger partial charge in [0.2, 0.25) is 0 Å². The summed E-state index contributed by atoms with van der Waals surface area (Å²) >= 11 is 5.79. The van der Waals surface area contributed by atoms with E-state index >= 15 is 0 Å². The van der Waals surface area contributed by atoms with E-state index in [1.807, 2.05) is 24.3 Å². The molecule has 0 spiro atoms. The van der Waals surface area contributed by atoms with Crippen LogP contribution in [0, 0.1) is 5.92 Å². The number of halogens is 2. The molecule has 0 saturated heterocycles. The summed E-state index contributed by atoms with van der Waals surface area (Å²) in [7, 11) is 0. The fraction of sp³-hybridized carbons (Fsp3) is 0.455. The summed E-state index contributed by atoms with van der Waals surface area (Å²) in [5.41, 5.74) is 7.25. The minimum atomic E-state index is 0. The summed E-state index contributed by atoms with van der Waals surface area (Å²) in [5, 5.41) is 0.780. The highest BCUT2D eigenvalue weighted by Gasteiger charge is 2.24. The summed E-state index contributed by atoms with van der Waals surface area (Å²) in [6, 6.07) is 8.06. The van der Waals surface area contributed by atoms with E-state index in [2.05, 4.69) is 0 Å². The van der Waals surface area contributed by atoms with Crippen LogP contribution in [0.1, 0.15) is 30.9 Å². The lowest BCUT2D eigenvalue weighted by Crippen LogP contribution is -2.10.